The van der Waals surface area contributed by atoms with Crippen LogP contribution < -0.4 is 5.32 Å². The Morgan fingerprint density at radius 2 is 1.94 bits per heavy atom. The van der Waals surface area contributed by atoms with E-state index in [-0.39, 0.29) is 0 Å². The van der Waals surface area contributed by atoms with Crippen molar-refractivity contribution in [2.24, 2.45) is 5.92 Å². The Kier molecular flexibility index (Phi) is 6.79. The molecule has 1 aliphatic rings. The summed E-state index contributed by atoms with van der Waals surface area (Å²) in [6, 6.07) is 0.707. The lowest BCUT2D eigenvalue weighted by atomic mass is 9.85. The molecule has 1 aliphatic carbocycles. The van der Waals surface area contributed by atoms with Gasteiger partial charge in [-0.15, -0.1) is 6.58 Å². The summed E-state index contributed by atoms with van der Waals surface area (Å²) in [7, 11) is 2.10. The van der Waals surface area contributed by atoms with Gasteiger partial charge in [-0.25, -0.2) is 0 Å². The highest BCUT2D eigenvalue weighted by atomic mass is 14.9. The fourth-order valence-electron chi connectivity index (χ4n) is 2.77. The fourth-order valence-corrected chi connectivity index (χ4v) is 2.77. The summed E-state index contributed by atoms with van der Waals surface area (Å²) in [5, 5.41) is 3.46. The first-order valence-corrected chi connectivity index (χ1v) is 7.04. The molecule has 0 aliphatic heterocycles. The van der Waals surface area contributed by atoms with Gasteiger partial charge in [-0.2, -0.15) is 0 Å². The van der Waals surface area contributed by atoms with Crippen LogP contribution in [0.3, 0.4) is 0 Å². The predicted octanol–water partition coefficient (Wildman–Crippen LogP) is 4.29. The summed E-state index contributed by atoms with van der Waals surface area (Å²) in [6.45, 7) is 6.12. The summed E-state index contributed by atoms with van der Waals surface area (Å²) in [5.41, 5.74) is 1.32. The van der Waals surface area contributed by atoms with Crippen LogP contribution in [0, 0.1) is 5.92 Å². The van der Waals surface area contributed by atoms with Gasteiger partial charge in [0.25, 0.3) is 0 Å². The van der Waals surface area contributed by atoms with E-state index in [2.05, 4.69) is 25.9 Å². The van der Waals surface area contributed by atoms with Crippen molar-refractivity contribution in [2.75, 3.05) is 7.05 Å². The molecule has 0 amide bonds. The molecule has 0 aromatic carbocycles. The van der Waals surface area contributed by atoms with Gasteiger partial charge in [0.2, 0.25) is 0 Å². The lowest BCUT2D eigenvalue weighted by Gasteiger charge is -2.24. The van der Waals surface area contributed by atoms with Crippen LogP contribution in [0.4, 0.5) is 0 Å². The van der Waals surface area contributed by atoms with Crippen LogP contribution in [-0.2, 0) is 0 Å². The van der Waals surface area contributed by atoms with Crippen LogP contribution in [0.2, 0.25) is 0 Å². The van der Waals surface area contributed by atoms with Crippen molar-refractivity contribution in [3.63, 3.8) is 0 Å². The van der Waals surface area contributed by atoms with Crippen LogP contribution in [0.15, 0.2) is 12.2 Å². The van der Waals surface area contributed by atoms with Gasteiger partial charge in [0.1, 0.15) is 0 Å². The molecule has 0 bridgehead atoms. The molecule has 0 radical (unpaired) electrons. The van der Waals surface area contributed by atoms with Crippen molar-refractivity contribution in [3.05, 3.63) is 12.2 Å². The molecule has 0 heterocycles. The Labute approximate surface area is 102 Å². The van der Waals surface area contributed by atoms with Crippen molar-refractivity contribution in [2.45, 2.75) is 70.8 Å². The molecule has 0 spiro atoms. The van der Waals surface area contributed by atoms with Gasteiger partial charge in [0, 0.05) is 6.04 Å². The molecular weight excluding hydrogens is 194 g/mol. The van der Waals surface area contributed by atoms with Gasteiger partial charge >= 0.3 is 0 Å². The quantitative estimate of drug-likeness (QED) is 0.635. The monoisotopic (exact) mass is 223 g/mol. The van der Waals surface area contributed by atoms with Crippen LogP contribution in [0.5, 0.6) is 0 Å². The van der Waals surface area contributed by atoms with E-state index in [4.69, 9.17) is 0 Å². The molecule has 16 heavy (non-hydrogen) atoms. The van der Waals surface area contributed by atoms with Crippen LogP contribution in [0.1, 0.15) is 64.7 Å². The van der Waals surface area contributed by atoms with Gasteiger partial charge in [0.15, 0.2) is 0 Å². The second kappa shape index (κ2) is 7.89. The van der Waals surface area contributed by atoms with E-state index in [1.54, 1.807) is 0 Å². The fraction of sp³-hybridized carbons (Fsp3) is 0.867. The van der Waals surface area contributed by atoms with E-state index in [1.165, 1.54) is 63.4 Å². The molecule has 0 aromatic rings. The van der Waals surface area contributed by atoms with Crippen molar-refractivity contribution in [1.29, 1.82) is 0 Å². The number of nitrogens with one attached hydrogen (secondary N) is 1. The number of allylic oxidation sites excluding steroid dienone is 1. The first kappa shape index (κ1) is 13.8. The minimum atomic E-state index is 0.707. The molecule has 0 saturated heterocycles. The van der Waals surface area contributed by atoms with E-state index in [9.17, 15) is 0 Å². The second-order valence-corrected chi connectivity index (χ2v) is 5.56. The van der Waals surface area contributed by atoms with Gasteiger partial charge in [-0.1, -0.05) is 37.7 Å². The van der Waals surface area contributed by atoms with Crippen LogP contribution in [0.25, 0.3) is 0 Å². The maximum absolute atomic E-state index is 3.98. The van der Waals surface area contributed by atoms with E-state index >= 15 is 0 Å². The summed E-state index contributed by atoms with van der Waals surface area (Å²) < 4.78 is 0. The van der Waals surface area contributed by atoms with Crippen LogP contribution >= 0.6 is 0 Å². The smallest absolute Gasteiger partial charge is 0.00672 e. The van der Waals surface area contributed by atoms with Crippen LogP contribution in [-0.4, -0.2) is 13.1 Å². The van der Waals surface area contributed by atoms with Crippen molar-refractivity contribution in [1.82, 2.24) is 5.32 Å². The largest absolute Gasteiger partial charge is 0.317 e. The molecule has 1 rings (SSSR count). The molecular formula is C15H29N. The van der Waals surface area contributed by atoms with E-state index in [1.807, 2.05) is 0 Å². The standard InChI is InChI=1S/C15H29N/c1-13(2)9-11-15(16-3)12-10-14-7-5-4-6-8-14/h14-16H,1,4-12H2,2-3H3. The lowest BCUT2D eigenvalue weighted by molar-refractivity contribution is 0.312. The van der Waals surface area contributed by atoms with Gasteiger partial charge in [-0.3, -0.25) is 0 Å². The van der Waals surface area contributed by atoms with Gasteiger partial charge in [-0.05, 0) is 45.6 Å². The SMILES string of the molecule is C=C(C)CCC(CCC1CCCCC1)NC. The Hall–Kier alpha value is -0.300. The average Bonchev–Trinajstić information content (AvgIpc) is 2.30. The Morgan fingerprint density at radius 3 is 2.50 bits per heavy atom. The minimum absolute atomic E-state index is 0.707. The topological polar surface area (TPSA) is 12.0 Å². The highest BCUT2D eigenvalue weighted by Gasteiger charge is 2.15. The highest BCUT2D eigenvalue weighted by Crippen LogP contribution is 2.28. The zero-order valence-corrected chi connectivity index (χ0v) is 11.2. The summed E-state index contributed by atoms with van der Waals surface area (Å²) in [5.74, 6) is 1.02. The van der Waals surface area contributed by atoms with Crippen molar-refractivity contribution < 1.29 is 0 Å². The minimum Gasteiger partial charge on any atom is -0.317 e. The first-order chi connectivity index (χ1) is 7.72. The Bertz CT molecular complexity index is 192. The third-order valence-electron chi connectivity index (χ3n) is 3.98. The summed E-state index contributed by atoms with van der Waals surface area (Å²) >= 11 is 0. The maximum atomic E-state index is 3.98. The second-order valence-electron chi connectivity index (χ2n) is 5.56. The van der Waals surface area contributed by atoms with Gasteiger partial charge in [0.05, 0.1) is 0 Å². The third kappa shape index (κ3) is 5.69. The van der Waals surface area contributed by atoms with Crippen molar-refractivity contribution >= 4 is 0 Å². The summed E-state index contributed by atoms with van der Waals surface area (Å²) in [4.78, 5) is 0. The normalized spacial score (nSPS) is 19.6. The molecule has 1 nitrogen and oxygen atoms in total. The number of rotatable bonds is 7. The molecule has 1 atom stereocenters. The zero-order valence-electron chi connectivity index (χ0n) is 11.2. The highest BCUT2D eigenvalue weighted by molar-refractivity contribution is 4.89. The predicted molar refractivity (Wildman–Crippen MR) is 72.7 cm³/mol. The summed E-state index contributed by atoms with van der Waals surface area (Å²) in [6.07, 6.45) is 12.6. The van der Waals surface area contributed by atoms with E-state index in [0.717, 1.165) is 5.92 Å². The Morgan fingerprint density at radius 1 is 1.25 bits per heavy atom. The third-order valence-corrected chi connectivity index (χ3v) is 3.98. The number of hydrogen-bond acceptors (Lipinski definition) is 1. The molecule has 94 valence electrons. The Balaban J connectivity index is 2.14. The molecule has 1 fully saturated rings. The van der Waals surface area contributed by atoms with E-state index < -0.39 is 0 Å². The van der Waals surface area contributed by atoms with Crippen molar-refractivity contribution in [3.8, 4) is 0 Å². The molecule has 1 heteroatoms. The molecule has 1 N–H and O–H groups in total. The van der Waals surface area contributed by atoms with Gasteiger partial charge < -0.3 is 5.32 Å². The molecule has 1 unspecified atom stereocenters. The number of hydrogen-bond donors (Lipinski definition) is 1. The zero-order chi connectivity index (χ0) is 11.8. The molecule has 0 aromatic heterocycles. The lowest BCUT2D eigenvalue weighted by Crippen LogP contribution is -2.26. The average molecular weight is 223 g/mol. The molecule has 1 saturated carbocycles. The maximum Gasteiger partial charge on any atom is 0.00672 e. The first-order valence-electron chi connectivity index (χ1n) is 7.04. The van der Waals surface area contributed by atoms with E-state index in [0.29, 0.717) is 6.04 Å².